The third-order valence-electron chi connectivity index (χ3n) is 23.5. The number of carbonyl (C=O) groups excluding carboxylic acids is 1. The number of hydrogen-bond donors (Lipinski definition) is 9. The average molecular weight is 2090 g/mol. The summed E-state index contributed by atoms with van der Waals surface area (Å²) in [5.74, 6) is 6.34. The van der Waals surface area contributed by atoms with Crippen molar-refractivity contribution in [3.8, 4) is 23.0 Å². The van der Waals surface area contributed by atoms with E-state index in [0.717, 1.165) is 107 Å². The van der Waals surface area contributed by atoms with Gasteiger partial charge in [-0.1, -0.05) is 83.9 Å². The zero-order valence-electron chi connectivity index (χ0n) is 80.8. The van der Waals surface area contributed by atoms with Crippen LogP contribution in [0.1, 0.15) is 61.1 Å². The van der Waals surface area contributed by atoms with Gasteiger partial charge in [-0.2, -0.15) is 19.9 Å². The fourth-order valence-electron chi connectivity index (χ4n) is 15.7. The third kappa shape index (κ3) is 27.5. The molecule has 3 fully saturated rings. The fraction of sp³-hybridized carbons (Fsp3) is 0.323. The molecule has 16 rings (SSSR count). The maximum atomic E-state index is 12.8. The number of anilines is 18. The monoisotopic (exact) mass is 2080 g/mol. The summed E-state index contributed by atoms with van der Waals surface area (Å²) in [6.45, 7) is 27.1. The van der Waals surface area contributed by atoms with E-state index in [-0.39, 0.29) is 16.8 Å². The van der Waals surface area contributed by atoms with E-state index in [1.54, 1.807) is 163 Å². The molecule has 1 aliphatic carbocycles. The first-order valence-electron chi connectivity index (χ1n) is 45.3. The van der Waals surface area contributed by atoms with Crippen molar-refractivity contribution >= 4 is 215 Å². The number of benzene rings is 8. The Labute approximate surface area is 832 Å². The van der Waals surface area contributed by atoms with Crippen LogP contribution in [0.2, 0.25) is 10.0 Å². The molecule has 8 aromatic carbocycles. The number of nitrogens with zero attached hydrogens (tertiary/aromatic N) is 12. The molecule has 0 radical (unpaired) electrons. The summed E-state index contributed by atoms with van der Waals surface area (Å²) in [6, 6.07) is 51.9. The number of halogens is 3. The lowest BCUT2D eigenvalue weighted by Crippen LogP contribution is -2.43. The van der Waals surface area contributed by atoms with Gasteiger partial charge in [-0.05, 0) is 251 Å². The summed E-state index contributed by atoms with van der Waals surface area (Å²) >= 11 is 16.2. The Kier molecular flexibility index (Phi) is 35.1. The highest BCUT2D eigenvalue weighted by Crippen LogP contribution is 2.45. The number of amides is 1. The van der Waals surface area contributed by atoms with Gasteiger partial charge in [0.25, 0.3) is 5.91 Å². The lowest BCUT2D eigenvalue weighted by molar-refractivity contribution is 0.0963. The van der Waals surface area contributed by atoms with Crippen molar-refractivity contribution < 1.29 is 50.4 Å². The molecule has 0 saturated carbocycles. The predicted molar refractivity (Wildman–Crippen MR) is 575 cm³/mol. The standard InChI is InChI=1S/C28H36ClN6O2P.C25H32ClN6O2P.C24H26N5O3P.C22H26BrN4O4PS/c1-37-25-17-21(35-15-11-20(12-16-35)19-34-13-6-14-34)9-10-23(25)32-28-30-18-22(29)27(33-28)31-24-7-4-5-8-26(24)38(2,3)36;1-31-12-7-13-32(15-14-31)18-10-11-20(22(16-18)34-2)29-25-27-17-19(26)24(30-25)28-21-8-5-6-9-23(21)35(3,4)33;1-25-23(30)17-8-5-6-10-19(17)26-22-16-9-7-11-18(16)27-24(29-22)28-20-13-12-15(33(3,4)31)14-21(20)32-2;1-14(2)33(29,30)20-9-7-6-8-18(20)25-21-16(23)13-24-22(27-21)26-17-11-10-15(32(4,5)28)12-19(17)31-3/h4-5,7-10,17-18,20H,6,11-16,19H2,1-3H3,(H2,30,31,32,33);5-6,8-11,16-17H,7,12-15H2,1-4H3,(H2,27,28,29,30);5-10,12-14H,11H2,1-4H3,(H,25,30)(H2,26,27,28,29);6-14H,1-5H3,(H2,24,25,26,27). The molecule has 12 aromatic rings. The van der Waals surface area contributed by atoms with Crippen molar-refractivity contribution in [3.63, 3.8) is 0 Å². The topological polar surface area (TPSA) is 381 Å². The fourth-order valence-corrected chi connectivity index (χ4v) is 21.5. The maximum Gasteiger partial charge on any atom is 0.253 e. The number of nitrogens with one attached hydrogen (secondary N) is 9. The van der Waals surface area contributed by atoms with Crippen LogP contribution in [0.3, 0.4) is 0 Å². The van der Waals surface area contributed by atoms with Gasteiger partial charge < -0.3 is 105 Å². The van der Waals surface area contributed by atoms with Crippen molar-refractivity contribution in [2.45, 2.75) is 56.1 Å². The first-order valence-corrected chi connectivity index (χ1v) is 58.8. The van der Waals surface area contributed by atoms with E-state index < -0.39 is 43.7 Å². The average Bonchev–Trinajstić information content (AvgIpc) is 1.78. The lowest BCUT2D eigenvalue weighted by atomic mass is 9.94. The normalized spacial score (nSPS) is 14.1. The van der Waals surface area contributed by atoms with Gasteiger partial charge in [0.05, 0.1) is 112 Å². The third-order valence-corrected chi connectivity index (χ3v) is 33.0. The Balaban J connectivity index is 0.000000157. The van der Waals surface area contributed by atoms with Gasteiger partial charge in [0.15, 0.2) is 21.5 Å². The molecule has 3 saturated heterocycles. The number of likely N-dealkylation sites (N-methyl/N-ethyl adjacent to an activating group) is 1. The van der Waals surface area contributed by atoms with Gasteiger partial charge in [-0.3, -0.25) is 4.79 Å². The Morgan fingerprint density at radius 2 is 0.885 bits per heavy atom. The highest BCUT2D eigenvalue weighted by molar-refractivity contribution is 9.10. The maximum absolute atomic E-state index is 12.8. The molecule has 4 aliphatic rings. The zero-order chi connectivity index (χ0) is 99.7. The summed E-state index contributed by atoms with van der Waals surface area (Å²) in [4.78, 5) is 58.2. The molecule has 0 unspecified atom stereocenters. The van der Waals surface area contributed by atoms with Gasteiger partial charge in [-0.15, -0.1) is 0 Å². The molecule has 0 spiro atoms. The number of hydrogen-bond acceptors (Lipinski definition) is 31. The molecule has 7 heterocycles. The van der Waals surface area contributed by atoms with Crippen molar-refractivity contribution in [3.05, 3.63) is 226 Å². The highest BCUT2D eigenvalue weighted by Gasteiger charge is 2.30. The summed E-state index contributed by atoms with van der Waals surface area (Å²) in [7, 11) is -3.18. The van der Waals surface area contributed by atoms with Crippen LogP contribution in [0, 0.1) is 5.92 Å². The van der Waals surface area contributed by atoms with E-state index in [1.165, 1.54) is 52.2 Å². The van der Waals surface area contributed by atoms with Crippen LogP contribution < -0.4 is 97.8 Å². The number of likely N-dealkylation sites (tertiary alicyclic amines) is 1. The number of methoxy groups -OCH3 is 4. The number of aromatic nitrogens is 8. The predicted octanol–water partition coefficient (Wildman–Crippen LogP) is 20.1. The number of allylic oxidation sites excluding steroid dienone is 1. The quantitative estimate of drug-likeness (QED) is 0.0182. The molecule has 0 bridgehead atoms. The minimum absolute atomic E-state index is 0.188. The Morgan fingerprint density at radius 1 is 0.460 bits per heavy atom. The molecule has 139 heavy (non-hydrogen) atoms. The van der Waals surface area contributed by atoms with Crippen LogP contribution in [0.5, 0.6) is 23.0 Å². The highest BCUT2D eigenvalue weighted by atomic mass is 79.9. The number of piperidine rings is 1. The molecule has 9 N–H and O–H groups in total. The molecular weight excluding hydrogens is 1970 g/mol. The SMILES string of the molecule is CNC(=O)c1ccccc1Nc1nc(Nc2ccc(P(C)(C)=O)cc2OC)nc2c1C=CC2.COc1cc(N2CCC(CN3CCC3)CC2)ccc1Nc1ncc(Cl)c(Nc2ccccc2P(C)(C)=O)n1.COc1cc(N2CCCN(C)CC2)ccc1Nc1ncc(Cl)c(Nc2ccccc2P(C)(C)=O)n1.COc1cc(P(C)(C)=O)ccc1Nc1ncc(Br)c(Nc2ccccc2S(=O)(=O)C(C)C)n1. The van der Waals surface area contributed by atoms with Gasteiger partial charge >= 0.3 is 0 Å². The molecule has 40 heteroatoms. The van der Waals surface area contributed by atoms with E-state index >= 15 is 0 Å². The van der Waals surface area contributed by atoms with Crippen LogP contribution in [0.15, 0.2) is 204 Å². The van der Waals surface area contributed by atoms with E-state index in [9.17, 15) is 31.5 Å². The second-order valence-electron chi connectivity index (χ2n) is 35.5. The van der Waals surface area contributed by atoms with Crippen LogP contribution in [-0.4, -0.2) is 224 Å². The van der Waals surface area contributed by atoms with Gasteiger partial charge in [0, 0.05) is 109 Å². The molecule has 4 aromatic heterocycles. The van der Waals surface area contributed by atoms with Gasteiger partial charge in [-0.25, -0.2) is 28.4 Å². The number of rotatable bonds is 31. The zero-order valence-corrected chi connectivity index (χ0v) is 88.3. The summed E-state index contributed by atoms with van der Waals surface area (Å²) < 4.78 is 98.8. The van der Waals surface area contributed by atoms with Crippen molar-refractivity contribution in [2.24, 2.45) is 5.92 Å². The molecule has 1 amide bonds. The van der Waals surface area contributed by atoms with Crippen LogP contribution >= 0.6 is 67.7 Å². The van der Waals surface area contributed by atoms with Crippen LogP contribution in [-0.2, 0) is 34.5 Å². The minimum atomic E-state index is -3.50. The number of ether oxygens (including phenoxy) is 4. The largest absolute Gasteiger partial charge is 0.495 e. The lowest BCUT2D eigenvalue weighted by Gasteiger charge is -2.39. The molecule has 32 nitrogen and oxygen atoms in total. The number of sulfone groups is 1. The van der Waals surface area contributed by atoms with E-state index in [2.05, 4.69) is 148 Å². The van der Waals surface area contributed by atoms with Crippen LogP contribution in [0.4, 0.5) is 104 Å². The van der Waals surface area contributed by atoms with Crippen molar-refractivity contribution in [1.82, 2.24) is 55.0 Å². The van der Waals surface area contributed by atoms with E-state index in [4.69, 9.17) is 42.1 Å². The van der Waals surface area contributed by atoms with Gasteiger partial charge in [0.1, 0.15) is 73.2 Å². The van der Waals surface area contributed by atoms with E-state index in [1.807, 2.05) is 109 Å². The minimum Gasteiger partial charge on any atom is -0.495 e. The summed E-state index contributed by atoms with van der Waals surface area (Å²) in [5.41, 5.74) is 9.83. The number of fused-ring (bicyclic) bond motifs is 1. The van der Waals surface area contributed by atoms with E-state index in [0.29, 0.717) is 124 Å². The van der Waals surface area contributed by atoms with Crippen LogP contribution in [0.25, 0.3) is 6.08 Å². The Bertz CT molecular complexity index is 6780. The second kappa shape index (κ2) is 46.6. The Hall–Kier alpha value is -11.7. The summed E-state index contributed by atoms with van der Waals surface area (Å²) in [5, 5.41) is 31.4. The molecular formula is C99H120BrCl2N21O11P4S. The Morgan fingerprint density at radius 3 is 1.37 bits per heavy atom. The molecule has 734 valence electrons. The first-order chi connectivity index (χ1) is 66.3. The molecule has 0 atom stereocenters. The van der Waals surface area contributed by atoms with Gasteiger partial charge in [0.2, 0.25) is 23.8 Å². The number of carbonyl (C=O) groups is 1. The number of para-hydroxylation sites is 4. The summed E-state index contributed by atoms with van der Waals surface area (Å²) in [6.07, 6.45) is 14.2. The smallest absolute Gasteiger partial charge is 0.253 e. The van der Waals surface area contributed by atoms with Crippen molar-refractivity contribution in [2.75, 3.05) is 207 Å². The van der Waals surface area contributed by atoms with Crippen molar-refractivity contribution in [1.29, 1.82) is 0 Å². The first kappa shape index (κ1) is 105. The second-order valence-corrected chi connectivity index (χ2v) is 52.4. The molecule has 3 aliphatic heterocycles.